The van der Waals surface area contributed by atoms with Crippen LogP contribution in [0.15, 0.2) is 36.4 Å². The van der Waals surface area contributed by atoms with E-state index in [2.05, 4.69) is 23.5 Å². The molecule has 3 unspecified atom stereocenters. The number of anilines is 1. The fraction of sp³-hybridized carbons (Fsp3) is 0.467. The van der Waals surface area contributed by atoms with Gasteiger partial charge in [-0.1, -0.05) is 24.3 Å². The molecule has 3 atom stereocenters. The van der Waals surface area contributed by atoms with Gasteiger partial charge in [-0.15, -0.1) is 0 Å². The molecule has 0 saturated heterocycles. The zero-order valence-electron chi connectivity index (χ0n) is 10.2. The summed E-state index contributed by atoms with van der Waals surface area (Å²) < 4.78 is 5.35. The Bertz CT molecular complexity index is 427. The molecule has 1 saturated carbocycles. The number of hydrogen-bond acceptors (Lipinski definition) is 2. The van der Waals surface area contributed by atoms with E-state index in [0.29, 0.717) is 0 Å². The summed E-state index contributed by atoms with van der Waals surface area (Å²) in [4.78, 5) is 0. The normalized spacial score (nSPS) is 29.6. The van der Waals surface area contributed by atoms with Crippen molar-refractivity contribution in [2.24, 2.45) is 17.8 Å². The minimum absolute atomic E-state index is 0.801. The summed E-state index contributed by atoms with van der Waals surface area (Å²) in [6.45, 7) is 1.06. The van der Waals surface area contributed by atoms with Gasteiger partial charge in [0.1, 0.15) is 5.75 Å². The first-order valence-corrected chi connectivity index (χ1v) is 6.42. The molecule has 1 aromatic rings. The van der Waals surface area contributed by atoms with Crippen LogP contribution < -0.4 is 10.1 Å². The lowest BCUT2D eigenvalue weighted by Gasteiger charge is -2.20. The molecule has 3 rings (SSSR count). The van der Waals surface area contributed by atoms with Crippen molar-refractivity contribution in [2.75, 3.05) is 19.0 Å². The Balaban J connectivity index is 1.62. The molecule has 0 heterocycles. The highest BCUT2D eigenvalue weighted by Gasteiger charge is 2.35. The molecular formula is C15H19NO. The molecule has 0 radical (unpaired) electrons. The van der Waals surface area contributed by atoms with Crippen LogP contribution in [0.3, 0.4) is 0 Å². The monoisotopic (exact) mass is 229 g/mol. The van der Waals surface area contributed by atoms with E-state index in [1.54, 1.807) is 7.11 Å². The Labute approximate surface area is 103 Å². The molecule has 2 heteroatoms. The van der Waals surface area contributed by atoms with Gasteiger partial charge in [-0.3, -0.25) is 0 Å². The van der Waals surface area contributed by atoms with Crippen LogP contribution in [-0.2, 0) is 0 Å². The second-order valence-electron chi connectivity index (χ2n) is 5.12. The maximum atomic E-state index is 5.35. The topological polar surface area (TPSA) is 21.3 Å². The Morgan fingerprint density at radius 2 is 2.12 bits per heavy atom. The molecule has 0 aliphatic heterocycles. The molecule has 1 fully saturated rings. The average Bonchev–Trinajstić information content (AvgIpc) is 2.98. The third-order valence-corrected chi connectivity index (χ3v) is 4.08. The number of nitrogens with one attached hydrogen (secondary N) is 1. The Kier molecular flexibility index (Phi) is 2.79. The Hall–Kier alpha value is -1.44. The van der Waals surface area contributed by atoms with E-state index < -0.39 is 0 Å². The van der Waals surface area contributed by atoms with Crippen molar-refractivity contribution in [3.63, 3.8) is 0 Å². The molecule has 0 spiro atoms. The molecule has 0 amide bonds. The minimum Gasteiger partial charge on any atom is -0.495 e. The number of hydrogen-bond donors (Lipinski definition) is 1. The maximum Gasteiger partial charge on any atom is 0.141 e. The van der Waals surface area contributed by atoms with E-state index in [-0.39, 0.29) is 0 Å². The third kappa shape index (κ3) is 2.04. The Morgan fingerprint density at radius 3 is 2.82 bits per heavy atom. The summed E-state index contributed by atoms with van der Waals surface area (Å²) in [6.07, 6.45) is 7.52. The van der Waals surface area contributed by atoms with E-state index in [4.69, 9.17) is 4.74 Å². The molecule has 1 N–H and O–H groups in total. The van der Waals surface area contributed by atoms with Crippen molar-refractivity contribution in [1.82, 2.24) is 0 Å². The highest BCUT2D eigenvalue weighted by atomic mass is 16.5. The van der Waals surface area contributed by atoms with Gasteiger partial charge in [0.15, 0.2) is 0 Å². The fourth-order valence-electron chi connectivity index (χ4n) is 3.16. The van der Waals surface area contributed by atoms with Crippen molar-refractivity contribution in [2.45, 2.75) is 12.8 Å². The number of para-hydroxylation sites is 2. The molecule has 0 aromatic heterocycles. The minimum atomic E-state index is 0.801. The molecule has 2 aliphatic rings. The van der Waals surface area contributed by atoms with Gasteiger partial charge in [0, 0.05) is 6.54 Å². The number of fused-ring (bicyclic) bond motifs is 2. The molecule has 2 nitrogen and oxygen atoms in total. The van der Waals surface area contributed by atoms with Gasteiger partial charge in [-0.05, 0) is 42.7 Å². The van der Waals surface area contributed by atoms with E-state index in [1.807, 2.05) is 18.2 Å². The van der Waals surface area contributed by atoms with Gasteiger partial charge in [-0.25, -0.2) is 0 Å². The zero-order chi connectivity index (χ0) is 11.7. The highest BCUT2D eigenvalue weighted by Crippen LogP contribution is 2.43. The highest BCUT2D eigenvalue weighted by molar-refractivity contribution is 5.56. The lowest BCUT2D eigenvalue weighted by atomic mass is 9.93. The van der Waals surface area contributed by atoms with E-state index in [1.165, 1.54) is 12.8 Å². The smallest absolute Gasteiger partial charge is 0.141 e. The Morgan fingerprint density at radius 1 is 1.24 bits per heavy atom. The zero-order valence-corrected chi connectivity index (χ0v) is 10.2. The van der Waals surface area contributed by atoms with Crippen molar-refractivity contribution >= 4 is 5.69 Å². The van der Waals surface area contributed by atoms with Crippen LogP contribution >= 0.6 is 0 Å². The van der Waals surface area contributed by atoms with Gasteiger partial charge < -0.3 is 10.1 Å². The van der Waals surface area contributed by atoms with Gasteiger partial charge in [0.05, 0.1) is 12.8 Å². The van der Waals surface area contributed by atoms with Gasteiger partial charge in [0.25, 0.3) is 0 Å². The SMILES string of the molecule is COc1ccccc1NCC1CC2C=CC1C2. The van der Waals surface area contributed by atoms with Crippen molar-refractivity contribution in [3.05, 3.63) is 36.4 Å². The molecule has 17 heavy (non-hydrogen) atoms. The van der Waals surface area contributed by atoms with Crippen LogP contribution in [0.1, 0.15) is 12.8 Å². The summed E-state index contributed by atoms with van der Waals surface area (Å²) in [6, 6.07) is 8.14. The van der Waals surface area contributed by atoms with Gasteiger partial charge >= 0.3 is 0 Å². The van der Waals surface area contributed by atoms with E-state index in [9.17, 15) is 0 Å². The maximum absolute atomic E-state index is 5.35. The van der Waals surface area contributed by atoms with Gasteiger partial charge in [0.2, 0.25) is 0 Å². The lowest BCUT2D eigenvalue weighted by molar-refractivity contribution is 0.415. The summed E-state index contributed by atoms with van der Waals surface area (Å²) in [5.74, 6) is 3.40. The third-order valence-electron chi connectivity index (χ3n) is 4.08. The summed E-state index contributed by atoms with van der Waals surface area (Å²) in [5.41, 5.74) is 1.11. The first-order chi connectivity index (χ1) is 8.36. The van der Waals surface area contributed by atoms with Crippen molar-refractivity contribution in [3.8, 4) is 5.75 Å². The molecule has 90 valence electrons. The second kappa shape index (κ2) is 4.44. The predicted octanol–water partition coefficient (Wildman–Crippen LogP) is 3.32. The summed E-state index contributed by atoms with van der Waals surface area (Å²) in [7, 11) is 1.72. The average molecular weight is 229 g/mol. The lowest BCUT2D eigenvalue weighted by Crippen LogP contribution is -2.18. The van der Waals surface area contributed by atoms with Crippen LogP contribution in [0.2, 0.25) is 0 Å². The van der Waals surface area contributed by atoms with Crippen molar-refractivity contribution < 1.29 is 4.74 Å². The largest absolute Gasteiger partial charge is 0.495 e. The first-order valence-electron chi connectivity index (χ1n) is 6.42. The number of benzene rings is 1. The van der Waals surface area contributed by atoms with E-state index in [0.717, 1.165) is 35.7 Å². The first kappa shape index (κ1) is 10.7. The number of ether oxygens (including phenoxy) is 1. The van der Waals surface area contributed by atoms with Crippen molar-refractivity contribution in [1.29, 1.82) is 0 Å². The van der Waals surface area contributed by atoms with E-state index >= 15 is 0 Å². The van der Waals surface area contributed by atoms with Crippen LogP contribution in [0.5, 0.6) is 5.75 Å². The fourth-order valence-corrected chi connectivity index (χ4v) is 3.16. The summed E-state index contributed by atoms with van der Waals surface area (Å²) in [5, 5.41) is 3.53. The number of rotatable bonds is 4. The standard InChI is InChI=1S/C15H19NO/c1-17-15-5-3-2-4-14(15)16-10-13-9-11-6-7-12(13)8-11/h2-7,11-13,16H,8-10H2,1H3. The quantitative estimate of drug-likeness (QED) is 0.800. The van der Waals surface area contributed by atoms with Gasteiger partial charge in [-0.2, -0.15) is 0 Å². The van der Waals surface area contributed by atoms with Crippen LogP contribution in [0, 0.1) is 17.8 Å². The number of allylic oxidation sites excluding steroid dienone is 2. The molecule has 1 aromatic carbocycles. The van der Waals surface area contributed by atoms with Crippen LogP contribution in [0.4, 0.5) is 5.69 Å². The summed E-state index contributed by atoms with van der Waals surface area (Å²) >= 11 is 0. The van der Waals surface area contributed by atoms with Crippen LogP contribution in [0.25, 0.3) is 0 Å². The molecule has 2 bridgehead atoms. The molecular weight excluding hydrogens is 210 g/mol. The van der Waals surface area contributed by atoms with Crippen LogP contribution in [-0.4, -0.2) is 13.7 Å². The predicted molar refractivity (Wildman–Crippen MR) is 70.3 cm³/mol. The second-order valence-corrected chi connectivity index (χ2v) is 5.12. The molecule has 2 aliphatic carbocycles. The number of methoxy groups -OCH3 is 1.